The highest BCUT2D eigenvalue weighted by atomic mass is 16.6. The van der Waals surface area contributed by atoms with Gasteiger partial charge < -0.3 is 14.6 Å². The number of nitrogens with one attached hydrogen (secondary N) is 2. The van der Waals surface area contributed by atoms with Crippen LogP contribution in [0.1, 0.15) is 32.7 Å². The van der Waals surface area contributed by atoms with Gasteiger partial charge in [0.25, 0.3) is 17.5 Å². The maximum Gasteiger partial charge on any atom is 0.275 e. The largest absolute Gasteiger partial charge is 0.415 e. The van der Waals surface area contributed by atoms with Crippen LogP contribution in [-0.2, 0) is 4.79 Å². The molecule has 1 aromatic carbocycles. The van der Waals surface area contributed by atoms with E-state index < -0.39 is 4.92 Å². The number of amides is 1. The number of carbonyl (C=O) groups excluding carboxylic acids is 1. The van der Waals surface area contributed by atoms with Crippen LogP contribution in [-0.4, -0.2) is 40.7 Å². The van der Waals surface area contributed by atoms with Crippen LogP contribution >= 0.6 is 0 Å². The standard InChI is InChI=1S/C16H21N5O4/c1-4-17-14(22)10-20(5-2)11(3)15-18-19-16(25-15)12-6-8-13(9-7-12)21(23)24/h6-9,11H,4-5,10H2,1-3H3,(H,17,22)/p+1/t11-/m0/s1. The van der Waals surface area contributed by atoms with Crippen molar-refractivity contribution in [1.82, 2.24) is 15.5 Å². The van der Waals surface area contributed by atoms with E-state index >= 15 is 0 Å². The van der Waals surface area contributed by atoms with E-state index in [-0.39, 0.29) is 17.6 Å². The van der Waals surface area contributed by atoms with Crippen molar-refractivity contribution in [2.24, 2.45) is 0 Å². The molecule has 0 aliphatic rings. The topological polar surface area (TPSA) is 116 Å². The van der Waals surface area contributed by atoms with Crippen LogP contribution in [0.15, 0.2) is 28.7 Å². The van der Waals surface area contributed by atoms with E-state index in [1.807, 2.05) is 20.8 Å². The number of quaternary nitrogens is 1. The molecule has 2 atom stereocenters. The second kappa shape index (κ2) is 8.34. The normalized spacial score (nSPS) is 13.2. The monoisotopic (exact) mass is 348 g/mol. The van der Waals surface area contributed by atoms with Gasteiger partial charge in [-0.25, -0.2) is 0 Å². The maximum atomic E-state index is 11.8. The molecule has 0 aliphatic carbocycles. The molecule has 0 bridgehead atoms. The molecule has 0 saturated heterocycles. The first-order valence-corrected chi connectivity index (χ1v) is 8.15. The van der Waals surface area contributed by atoms with E-state index in [1.165, 1.54) is 12.1 Å². The van der Waals surface area contributed by atoms with Gasteiger partial charge in [0.1, 0.15) is 0 Å². The number of nitro benzene ring substituents is 1. The Kier molecular flexibility index (Phi) is 6.18. The average molecular weight is 348 g/mol. The lowest BCUT2D eigenvalue weighted by Gasteiger charge is -2.21. The van der Waals surface area contributed by atoms with Crippen molar-refractivity contribution in [3.05, 3.63) is 40.3 Å². The van der Waals surface area contributed by atoms with E-state index in [2.05, 4.69) is 15.5 Å². The molecule has 0 spiro atoms. The Hall–Kier alpha value is -2.81. The molecule has 134 valence electrons. The van der Waals surface area contributed by atoms with Gasteiger partial charge in [-0.3, -0.25) is 14.9 Å². The number of benzene rings is 1. The lowest BCUT2D eigenvalue weighted by molar-refractivity contribution is -0.921. The van der Waals surface area contributed by atoms with Gasteiger partial charge in [-0.1, -0.05) is 0 Å². The van der Waals surface area contributed by atoms with E-state index in [4.69, 9.17) is 4.42 Å². The van der Waals surface area contributed by atoms with Crippen molar-refractivity contribution in [1.29, 1.82) is 0 Å². The number of hydrogen-bond acceptors (Lipinski definition) is 6. The number of nitrogens with zero attached hydrogens (tertiary/aromatic N) is 3. The average Bonchev–Trinajstić information content (AvgIpc) is 3.09. The third-order valence-electron chi connectivity index (χ3n) is 3.96. The maximum absolute atomic E-state index is 11.8. The number of carbonyl (C=O) groups is 1. The van der Waals surface area contributed by atoms with Gasteiger partial charge in [0.2, 0.25) is 5.89 Å². The first-order chi connectivity index (χ1) is 12.0. The fourth-order valence-corrected chi connectivity index (χ4v) is 2.48. The van der Waals surface area contributed by atoms with Crippen LogP contribution in [0, 0.1) is 10.1 Å². The van der Waals surface area contributed by atoms with Crippen LogP contribution in [0.2, 0.25) is 0 Å². The molecule has 0 radical (unpaired) electrons. The van der Waals surface area contributed by atoms with Crippen molar-refractivity contribution < 1.29 is 19.0 Å². The van der Waals surface area contributed by atoms with E-state index in [0.29, 0.717) is 30.4 Å². The first-order valence-electron chi connectivity index (χ1n) is 8.15. The molecule has 2 rings (SSSR count). The molecule has 9 nitrogen and oxygen atoms in total. The molecule has 0 fully saturated rings. The van der Waals surface area contributed by atoms with Crippen molar-refractivity contribution >= 4 is 11.6 Å². The zero-order valence-electron chi connectivity index (χ0n) is 14.5. The Balaban J connectivity index is 2.13. The van der Waals surface area contributed by atoms with Crippen molar-refractivity contribution in [3.8, 4) is 11.5 Å². The summed E-state index contributed by atoms with van der Waals surface area (Å²) in [7, 11) is 0. The lowest BCUT2D eigenvalue weighted by atomic mass is 10.2. The van der Waals surface area contributed by atoms with Gasteiger partial charge in [0.05, 0.1) is 11.5 Å². The van der Waals surface area contributed by atoms with Gasteiger partial charge in [-0.05, 0) is 32.9 Å². The second-order valence-electron chi connectivity index (χ2n) is 5.61. The minimum Gasteiger partial charge on any atom is -0.415 e. The minimum absolute atomic E-state index is 0.000367. The Morgan fingerprint density at radius 2 is 2.00 bits per heavy atom. The predicted octanol–water partition coefficient (Wildman–Crippen LogP) is 0.747. The van der Waals surface area contributed by atoms with E-state index in [9.17, 15) is 14.9 Å². The summed E-state index contributed by atoms with van der Waals surface area (Å²) in [6, 6.07) is 5.77. The fraction of sp³-hybridized carbons (Fsp3) is 0.438. The molecule has 9 heteroatoms. The molecular weight excluding hydrogens is 326 g/mol. The SMILES string of the molecule is CCNC(=O)C[NH+](CC)[C@@H](C)c1nnc(-c2ccc([N+](=O)[O-])cc2)o1. The fourth-order valence-electron chi connectivity index (χ4n) is 2.48. The highest BCUT2D eigenvalue weighted by Gasteiger charge is 2.26. The second-order valence-corrected chi connectivity index (χ2v) is 5.61. The van der Waals surface area contributed by atoms with Gasteiger partial charge in [-0.15, -0.1) is 10.2 Å². The van der Waals surface area contributed by atoms with E-state index in [0.717, 1.165) is 11.4 Å². The first kappa shape index (κ1) is 18.5. The third kappa shape index (κ3) is 4.60. The summed E-state index contributed by atoms with van der Waals surface area (Å²) >= 11 is 0. The summed E-state index contributed by atoms with van der Waals surface area (Å²) in [6.07, 6.45) is 0. The summed E-state index contributed by atoms with van der Waals surface area (Å²) in [6.45, 7) is 7.43. The van der Waals surface area contributed by atoms with Crippen molar-refractivity contribution in [2.45, 2.75) is 26.8 Å². The quantitative estimate of drug-likeness (QED) is 0.537. The zero-order chi connectivity index (χ0) is 18.4. The number of hydrogen-bond donors (Lipinski definition) is 2. The van der Waals surface area contributed by atoms with Gasteiger partial charge >= 0.3 is 0 Å². The summed E-state index contributed by atoms with van der Waals surface area (Å²) < 4.78 is 5.71. The number of rotatable bonds is 8. The van der Waals surface area contributed by atoms with Crippen LogP contribution in [0.5, 0.6) is 0 Å². The highest BCUT2D eigenvalue weighted by molar-refractivity contribution is 5.76. The summed E-state index contributed by atoms with van der Waals surface area (Å²) in [5, 5.41) is 21.6. The van der Waals surface area contributed by atoms with Crippen molar-refractivity contribution in [3.63, 3.8) is 0 Å². The Morgan fingerprint density at radius 3 is 2.56 bits per heavy atom. The smallest absolute Gasteiger partial charge is 0.275 e. The molecule has 1 heterocycles. The van der Waals surface area contributed by atoms with Crippen molar-refractivity contribution in [2.75, 3.05) is 19.6 Å². The Morgan fingerprint density at radius 1 is 1.32 bits per heavy atom. The van der Waals surface area contributed by atoms with Gasteiger partial charge in [0.15, 0.2) is 12.6 Å². The van der Waals surface area contributed by atoms with E-state index in [1.54, 1.807) is 12.1 Å². The molecule has 1 aromatic heterocycles. The molecule has 2 N–H and O–H groups in total. The van der Waals surface area contributed by atoms with Crippen LogP contribution in [0.25, 0.3) is 11.5 Å². The predicted molar refractivity (Wildman–Crippen MR) is 89.9 cm³/mol. The number of non-ortho nitro benzene ring substituents is 1. The summed E-state index contributed by atoms with van der Waals surface area (Å²) in [5.41, 5.74) is 0.610. The molecule has 2 aromatic rings. The molecule has 1 unspecified atom stereocenters. The molecule has 1 amide bonds. The molecule has 0 aliphatic heterocycles. The highest BCUT2D eigenvalue weighted by Crippen LogP contribution is 2.22. The Bertz CT molecular complexity index is 728. The lowest BCUT2D eigenvalue weighted by Crippen LogP contribution is -3.12. The van der Waals surface area contributed by atoms with Gasteiger partial charge in [-0.2, -0.15) is 0 Å². The van der Waals surface area contributed by atoms with Crippen LogP contribution in [0.3, 0.4) is 0 Å². The molecular formula is C16H22N5O4+. The summed E-state index contributed by atoms with van der Waals surface area (Å²) in [4.78, 5) is 23.1. The summed E-state index contributed by atoms with van der Waals surface area (Å²) in [5.74, 6) is 0.695. The zero-order valence-corrected chi connectivity index (χ0v) is 14.5. The van der Waals surface area contributed by atoms with Crippen LogP contribution < -0.4 is 10.2 Å². The number of nitro groups is 1. The molecule has 0 saturated carbocycles. The third-order valence-corrected chi connectivity index (χ3v) is 3.96. The van der Waals surface area contributed by atoms with Crippen LogP contribution in [0.4, 0.5) is 5.69 Å². The minimum atomic E-state index is -0.463. The number of aromatic nitrogens is 2. The molecule has 25 heavy (non-hydrogen) atoms. The van der Waals surface area contributed by atoms with Gasteiger partial charge in [0, 0.05) is 24.2 Å². The Labute approximate surface area is 145 Å². The number of likely N-dealkylation sites (N-methyl/N-ethyl adjacent to an activating group) is 2.